The van der Waals surface area contributed by atoms with Gasteiger partial charge in [-0.15, -0.1) is 0 Å². The number of rotatable bonds is 6. The first-order valence-corrected chi connectivity index (χ1v) is 9.07. The van der Waals surface area contributed by atoms with E-state index < -0.39 is 0 Å². The van der Waals surface area contributed by atoms with Crippen molar-refractivity contribution in [1.82, 2.24) is 0 Å². The molecule has 130 valence electrons. The van der Waals surface area contributed by atoms with Crippen molar-refractivity contribution >= 4 is 11.6 Å². The number of aryl methyl sites for hydroxylation is 1. The van der Waals surface area contributed by atoms with Gasteiger partial charge in [0.2, 0.25) is 5.91 Å². The maximum atomic E-state index is 11.9. The molecule has 0 aliphatic heterocycles. The second-order valence-corrected chi connectivity index (χ2v) is 6.36. The van der Waals surface area contributed by atoms with E-state index in [9.17, 15) is 4.79 Å². The van der Waals surface area contributed by atoms with Crippen LogP contribution in [0.4, 0.5) is 5.69 Å². The van der Waals surface area contributed by atoms with Gasteiger partial charge in [-0.1, -0.05) is 58.4 Å². The summed E-state index contributed by atoms with van der Waals surface area (Å²) in [4.78, 5) is 11.9. The summed E-state index contributed by atoms with van der Waals surface area (Å²) in [7, 11) is 1.64. The average molecular weight is 319 g/mol. The number of amides is 1. The number of hydrogen-bond acceptors (Lipinski definition) is 2. The zero-order valence-corrected chi connectivity index (χ0v) is 15.3. The molecule has 0 unspecified atom stereocenters. The van der Waals surface area contributed by atoms with Gasteiger partial charge in [0.25, 0.3) is 0 Å². The van der Waals surface area contributed by atoms with Crippen LogP contribution in [0.1, 0.15) is 70.8 Å². The minimum atomic E-state index is 0.147. The first kappa shape index (κ1) is 19.5. The van der Waals surface area contributed by atoms with E-state index >= 15 is 0 Å². The number of carbonyl (C=O) groups excluding carboxylic acids is 1. The summed E-state index contributed by atoms with van der Waals surface area (Å²) in [5, 5.41) is 2.97. The lowest BCUT2D eigenvalue weighted by atomic mass is 10.1. The van der Waals surface area contributed by atoms with E-state index in [4.69, 9.17) is 4.74 Å². The molecule has 1 fully saturated rings. The fourth-order valence-electron chi connectivity index (χ4n) is 2.83. The average Bonchev–Trinajstić information content (AvgIpc) is 3.10. The molecule has 2 rings (SSSR count). The van der Waals surface area contributed by atoms with Gasteiger partial charge in [0, 0.05) is 17.7 Å². The Kier molecular flexibility index (Phi) is 9.42. The predicted molar refractivity (Wildman–Crippen MR) is 98.1 cm³/mol. The van der Waals surface area contributed by atoms with Crippen LogP contribution < -0.4 is 10.1 Å². The number of hydrogen-bond donors (Lipinski definition) is 1. The Bertz CT molecular complexity index is 461. The van der Waals surface area contributed by atoms with Gasteiger partial charge in [-0.3, -0.25) is 4.79 Å². The lowest BCUT2D eigenvalue weighted by molar-refractivity contribution is -0.119. The number of nitrogens with one attached hydrogen (secondary N) is 1. The van der Waals surface area contributed by atoms with Gasteiger partial charge in [0.15, 0.2) is 0 Å². The van der Waals surface area contributed by atoms with Gasteiger partial charge in [-0.25, -0.2) is 0 Å². The Balaban J connectivity index is 0.000000379. The Morgan fingerprint density at radius 1 is 1.17 bits per heavy atom. The van der Waals surface area contributed by atoms with Gasteiger partial charge in [0.1, 0.15) is 5.75 Å². The lowest BCUT2D eigenvalue weighted by Crippen LogP contribution is -2.20. The highest BCUT2D eigenvalue weighted by molar-refractivity contribution is 5.92. The predicted octanol–water partition coefficient (Wildman–Crippen LogP) is 5.72. The van der Waals surface area contributed by atoms with Gasteiger partial charge >= 0.3 is 0 Å². The molecule has 1 aromatic rings. The standard InChI is InChI=1S/C14H19NO2.C6H14/c1-10-7-8-12(9-13(10)17-2)15-14(16)11-5-3-4-6-11;1-3-5-6-4-2/h7-9,11H,3-6H2,1-2H3,(H,15,16);3-6H2,1-2H3. The van der Waals surface area contributed by atoms with Crippen molar-refractivity contribution in [3.63, 3.8) is 0 Å². The molecule has 23 heavy (non-hydrogen) atoms. The summed E-state index contributed by atoms with van der Waals surface area (Å²) in [6.07, 6.45) is 9.93. The molecule has 1 saturated carbocycles. The van der Waals surface area contributed by atoms with Crippen molar-refractivity contribution < 1.29 is 9.53 Å². The second kappa shape index (κ2) is 11.1. The van der Waals surface area contributed by atoms with E-state index in [2.05, 4.69) is 19.2 Å². The van der Waals surface area contributed by atoms with E-state index in [0.717, 1.165) is 29.8 Å². The summed E-state index contributed by atoms with van der Waals surface area (Å²) < 4.78 is 5.24. The molecule has 1 aliphatic carbocycles. The molecular formula is C20H33NO2. The van der Waals surface area contributed by atoms with Crippen LogP contribution >= 0.6 is 0 Å². The largest absolute Gasteiger partial charge is 0.496 e. The number of benzene rings is 1. The highest BCUT2D eigenvalue weighted by atomic mass is 16.5. The Hall–Kier alpha value is -1.51. The van der Waals surface area contributed by atoms with E-state index in [1.807, 2.05) is 25.1 Å². The molecule has 3 nitrogen and oxygen atoms in total. The monoisotopic (exact) mass is 319 g/mol. The smallest absolute Gasteiger partial charge is 0.227 e. The minimum absolute atomic E-state index is 0.147. The van der Waals surface area contributed by atoms with Crippen molar-refractivity contribution in [1.29, 1.82) is 0 Å². The number of unbranched alkanes of at least 4 members (excludes halogenated alkanes) is 3. The van der Waals surface area contributed by atoms with Crippen molar-refractivity contribution in [3.8, 4) is 5.75 Å². The normalized spacial score (nSPS) is 14.1. The van der Waals surface area contributed by atoms with Crippen molar-refractivity contribution in [2.24, 2.45) is 5.92 Å². The first-order valence-electron chi connectivity index (χ1n) is 9.07. The van der Waals surface area contributed by atoms with Crippen molar-refractivity contribution in [3.05, 3.63) is 23.8 Å². The number of anilines is 1. The fraction of sp³-hybridized carbons (Fsp3) is 0.650. The van der Waals surface area contributed by atoms with Gasteiger partial charge in [-0.2, -0.15) is 0 Å². The van der Waals surface area contributed by atoms with Crippen molar-refractivity contribution in [2.75, 3.05) is 12.4 Å². The molecule has 1 N–H and O–H groups in total. The SMILES string of the molecule is CCCCCC.COc1cc(NC(=O)C2CCCC2)ccc1C. The zero-order valence-electron chi connectivity index (χ0n) is 15.3. The minimum Gasteiger partial charge on any atom is -0.496 e. The first-order chi connectivity index (χ1) is 11.1. The van der Waals surface area contributed by atoms with Crippen LogP contribution in [-0.2, 0) is 4.79 Å². The summed E-state index contributed by atoms with van der Waals surface area (Å²) in [5.74, 6) is 1.16. The van der Waals surface area contributed by atoms with Crippen LogP contribution in [0, 0.1) is 12.8 Å². The molecule has 0 atom stereocenters. The van der Waals surface area contributed by atoms with E-state index in [0.29, 0.717) is 0 Å². The maximum Gasteiger partial charge on any atom is 0.227 e. The Morgan fingerprint density at radius 3 is 2.30 bits per heavy atom. The highest BCUT2D eigenvalue weighted by Crippen LogP contribution is 2.27. The highest BCUT2D eigenvalue weighted by Gasteiger charge is 2.22. The second-order valence-electron chi connectivity index (χ2n) is 6.36. The number of carbonyl (C=O) groups is 1. The summed E-state index contributed by atoms with van der Waals surface area (Å²) in [5.41, 5.74) is 1.90. The molecule has 0 bridgehead atoms. The van der Waals surface area contributed by atoms with E-state index in [1.54, 1.807) is 7.11 Å². The fourth-order valence-corrected chi connectivity index (χ4v) is 2.83. The van der Waals surface area contributed by atoms with Crippen LogP contribution in [0.2, 0.25) is 0 Å². The summed E-state index contributed by atoms with van der Waals surface area (Å²) in [6.45, 7) is 6.45. The summed E-state index contributed by atoms with van der Waals surface area (Å²) in [6, 6.07) is 5.76. The molecule has 0 spiro atoms. The molecule has 0 saturated heterocycles. The third-order valence-electron chi connectivity index (χ3n) is 4.36. The van der Waals surface area contributed by atoms with Crippen LogP contribution in [0.3, 0.4) is 0 Å². The quantitative estimate of drug-likeness (QED) is 0.681. The van der Waals surface area contributed by atoms with Gasteiger partial charge < -0.3 is 10.1 Å². The third-order valence-corrected chi connectivity index (χ3v) is 4.36. The number of ether oxygens (including phenoxy) is 1. The lowest BCUT2D eigenvalue weighted by Gasteiger charge is -2.12. The molecule has 0 radical (unpaired) electrons. The van der Waals surface area contributed by atoms with Crippen molar-refractivity contribution in [2.45, 2.75) is 72.1 Å². The Morgan fingerprint density at radius 2 is 1.78 bits per heavy atom. The molecule has 1 amide bonds. The topological polar surface area (TPSA) is 38.3 Å². The van der Waals surface area contributed by atoms with Gasteiger partial charge in [0.05, 0.1) is 7.11 Å². The van der Waals surface area contributed by atoms with Crippen LogP contribution in [0.5, 0.6) is 5.75 Å². The van der Waals surface area contributed by atoms with E-state index in [-0.39, 0.29) is 11.8 Å². The van der Waals surface area contributed by atoms with Crippen LogP contribution in [0.25, 0.3) is 0 Å². The third kappa shape index (κ3) is 7.06. The molecule has 1 aromatic carbocycles. The van der Waals surface area contributed by atoms with Crippen LogP contribution in [0.15, 0.2) is 18.2 Å². The zero-order chi connectivity index (χ0) is 17.1. The van der Waals surface area contributed by atoms with Gasteiger partial charge in [-0.05, 0) is 31.4 Å². The molecular weight excluding hydrogens is 286 g/mol. The number of methoxy groups -OCH3 is 1. The molecule has 1 aliphatic rings. The molecule has 3 heteroatoms. The summed E-state index contributed by atoms with van der Waals surface area (Å²) >= 11 is 0. The Labute approximate surface area is 141 Å². The van der Waals surface area contributed by atoms with E-state index in [1.165, 1.54) is 38.5 Å². The van der Waals surface area contributed by atoms with Crippen LogP contribution in [-0.4, -0.2) is 13.0 Å². The molecule has 0 aromatic heterocycles. The molecule has 0 heterocycles. The maximum absolute atomic E-state index is 11.9.